The summed E-state index contributed by atoms with van der Waals surface area (Å²) < 4.78 is 58.0. The second kappa shape index (κ2) is 7.46. The minimum absolute atomic E-state index is 0.0942. The van der Waals surface area contributed by atoms with E-state index in [1.165, 1.54) is 18.2 Å². The molecule has 0 unspecified atom stereocenters. The van der Waals surface area contributed by atoms with Crippen molar-refractivity contribution in [3.63, 3.8) is 0 Å². The van der Waals surface area contributed by atoms with Gasteiger partial charge in [-0.3, -0.25) is 0 Å². The van der Waals surface area contributed by atoms with Crippen molar-refractivity contribution in [2.24, 2.45) is 0 Å². The van der Waals surface area contributed by atoms with Crippen molar-refractivity contribution in [1.82, 2.24) is 5.32 Å². The Morgan fingerprint density at radius 1 is 1.11 bits per heavy atom. The van der Waals surface area contributed by atoms with Crippen LogP contribution in [0, 0.1) is 5.82 Å². The van der Waals surface area contributed by atoms with Crippen LogP contribution in [0.15, 0.2) is 36.4 Å². The number of benzene rings is 2. The Balaban J connectivity index is 2.22. The van der Waals surface area contributed by atoms with Crippen LogP contribution in [0.1, 0.15) is 31.9 Å². The van der Waals surface area contributed by atoms with Gasteiger partial charge in [-0.15, -0.1) is 0 Å². The highest BCUT2D eigenvalue weighted by Gasteiger charge is 2.35. The van der Waals surface area contributed by atoms with Gasteiger partial charge < -0.3 is 15.8 Å². The summed E-state index contributed by atoms with van der Waals surface area (Å²) >= 11 is 0. The smallest absolute Gasteiger partial charge is 0.419 e. The summed E-state index contributed by atoms with van der Waals surface area (Å²) in [5.41, 5.74) is 4.48. The number of hydrogen-bond donors (Lipinski definition) is 2. The number of amides is 1. The Morgan fingerprint density at radius 2 is 1.78 bits per heavy atom. The molecule has 0 bridgehead atoms. The molecule has 0 saturated carbocycles. The second-order valence-corrected chi connectivity index (χ2v) is 6.94. The molecule has 0 radical (unpaired) electrons. The Hall–Kier alpha value is -2.77. The van der Waals surface area contributed by atoms with Crippen molar-refractivity contribution in [3.8, 4) is 11.1 Å². The number of alkyl halides is 3. The first kappa shape index (κ1) is 20.5. The van der Waals surface area contributed by atoms with E-state index in [1.54, 1.807) is 26.8 Å². The zero-order valence-corrected chi connectivity index (χ0v) is 15.1. The SMILES string of the molecule is CC(C)(C)OC(=O)NCc1ccc(-c2cccc(C(F)(F)F)c2F)c(N)c1. The van der Waals surface area contributed by atoms with Gasteiger partial charge >= 0.3 is 12.3 Å². The number of nitrogens with two attached hydrogens (primary N) is 1. The lowest BCUT2D eigenvalue weighted by molar-refractivity contribution is -0.139. The van der Waals surface area contributed by atoms with Gasteiger partial charge in [0, 0.05) is 23.4 Å². The molecule has 0 saturated heterocycles. The number of rotatable bonds is 3. The van der Waals surface area contributed by atoms with Gasteiger partial charge in [0.05, 0.1) is 5.56 Å². The van der Waals surface area contributed by atoms with Crippen molar-refractivity contribution < 1.29 is 27.1 Å². The molecule has 0 heterocycles. The van der Waals surface area contributed by atoms with Crippen molar-refractivity contribution >= 4 is 11.8 Å². The van der Waals surface area contributed by atoms with E-state index in [2.05, 4.69) is 5.32 Å². The summed E-state index contributed by atoms with van der Waals surface area (Å²) in [4.78, 5) is 11.7. The van der Waals surface area contributed by atoms with E-state index < -0.39 is 29.3 Å². The third-order valence-electron chi connectivity index (χ3n) is 3.55. The van der Waals surface area contributed by atoms with Crippen molar-refractivity contribution in [2.75, 3.05) is 5.73 Å². The maximum absolute atomic E-state index is 14.3. The molecule has 146 valence electrons. The molecule has 0 spiro atoms. The van der Waals surface area contributed by atoms with Gasteiger partial charge in [-0.1, -0.05) is 24.3 Å². The van der Waals surface area contributed by atoms with E-state index in [4.69, 9.17) is 10.5 Å². The monoisotopic (exact) mass is 384 g/mol. The molecule has 1 amide bonds. The fraction of sp³-hybridized carbons (Fsp3) is 0.316. The summed E-state index contributed by atoms with van der Waals surface area (Å²) in [5.74, 6) is -1.38. The normalized spacial score (nSPS) is 12.0. The zero-order chi connectivity index (χ0) is 20.4. The third-order valence-corrected chi connectivity index (χ3v) is 3.55. The van der Waals surface area contributed by atoms with Gasteiger partial charge in [-0.25, -0.2) is 9.18 Å². The lowest BCUT2D eigenvalue weighted by Crippen LogP contribution is -2.32. The van der Waals surface area contributed by atoms with E-state index in [0.29, 0.717) is 11.6 Å². The van der Waals surface area contributed by atoms with Gasteiger partial charge in [0.15, 0.2) is 0 Å². The van der Waals surface area contributed by atoms with Crippen LogP contribution in [0.3, 0.4) is 0 Å². The largest absolute Gasteiger partial charge is 0.444 e. The number of anilines is 1. The highest BCUT2D eigenvalue weighted by molar-refractivity contribution is 5.78. The first-order valence-corrected chi connectivity index (χ1v) is 8.10. The summed E-state index contributed by atoms with van der Waals surface area (Å²) in [6.07, 6.45) is -5.42. The van der Waals surface area contributed by atoms with Gasteiger partial charge in [-0.2, -0.15) is 13.2 Å². The molecular weight excluding hydrogens is 364 g/mol. The third kappa shape index (κ3) is 5.35. The maximum Gasteiger partial charge on any atom is 0.419 e. The standard InChI is InChI=1S/C19H20F4N2O2/c1-18(2,3)27-17(26)25-10-11-7-8-12(15(24)9-11)13-5-4-6-14(16(13)20)19(21,22)23/h4-9H,10,24H2,1-3H3,(H,25,26). The Bertz CT molecular complexity index is 843. The van der Waals surface area contributed by atoms with Crippen LogP contribution in [0.5, 0.6) is 0 Å². The molecule has 27 heavy (non-hydrogen) atoms. The minimum Gasteiger partial charge on any atom is -0.444 e. The molecular formula is C19H20F4N2O2. The molecule has 2 aromatic rings. The average molecular weight is 384 g/mol. The molecule has 0 aromatic heterocycles. The molecule has 2 aromatic carbocycles. The van der Waals surface area contributed by atoms with Crippen LogP contribution in [0.4, 0.5) is 28.0 Å². The van der Waals surface area contributed by atoms with E-state index in [0.717, 1.165) is 6.07 Å². The fourth-order valence-electron chi connectivity index (χ4n) is 2.41. The molecule has 4 nitrogen and oxygen atoms in total. The Labute approximate surface area is 154 Å². The number of carbonyl (C=O) groups is 1. The molecule has 8 heteroatoms. The van der Waals surface area contributed by atoms with Crippen LogP contribution in [0.2, 0.25) is 0 Å². The van der Waals surface area contributed by atoms with Crippen molar-refractivity contribution in [3.05, 3.63) is 53.3 Å². The van der Waals surface area contributed by atoms with Gasteiger partial charge in [0.2, 0.25) is 0 Å². The lowest BCUT2D eigenvalue weighted by Gasteiger charge is -2.19. The van der Waals surface area contributed by atoms with Crippen LogP contribution in [-0.2, 0) is 17.5 Å². The number of ether oxygens (including phenoxy) is 1. The highest BCUT2D eigenvalue weighted by atomic mass is 19.4. The predicted octanol–water partition coefficient (Wildman–Crippen LogP) is 5.12. The number of carbonyl (C=O) groups excluding carboxylic acids is 1. The maximum atomic E-state index is 14.3. The van der Waals surface area contributed by atoms with Gasteiger partial charge in [0.25, 0.3) is 0 Å². The van der Waals surface area contributed by atoms with Gasteiger partial charge in [-0.05, 0) is 38.5 Å². The molecule has 0 aliphatic heterocycles. The molecule has 3 N–H and O–H groups in total. The Morgan fingerprint density at radius 3 is 2.33 bits per heavy atom. The zero-order valence-electron chi connectivity index (χ0n) is 15.1. The lowest BCUT2D eigenvalue weighted by atomic mass is 9.99. The van der Waals surface area contributed by atoms with Crippen LogP contribution in [0.25, 0.3) is 11.1 Å². The molecule has 0 fully saturated rings. The summed E-state index contributed by atoms with van der Waals surface area (Å²) in [6, 6.07) is 7.46. The quantitative estimate of drug-likeness (QED) is 0.570. The van der Waals surface area contributed by atoms with Crippen LogP contribution < -0.4 is 11.1 Å². The number of nitrogens with one attached hydrogen (secondary N) is 1. The number of hydrogen-bond acceptors (Lipinski definition) is 3. The minimum atomic E-state index is -4.80. The second-order valence-electron chi connectivity index (χ2n) is 6.94. The fourth-order valence-corrected chi connectivity index (χ4v) is 2.41. The molecule has 0 atom stereocenters. The highest BCUT2D eigenvalue weighted by Crippen LogP contribution is 2.37. The molecule has 2 rings (SSSR count). The Kier molecular flexibility index (Phi) is 5.67. The number of alkyl carbamates (subject to hydrolysis) is 1. The van der Waals surface area contributed by atoms with Crippen molar-refractivity contribution in [2.45, 2.75) is 39.1 Å². The first-order chi connectivity index (χ1) is 12.4. The van der Waals surface area contributed by atoms with E-state index in [1.807, 2.05) is 0 Å². The van der Waals surface area contributed by atoms with Crippen molar-refractivity contribution in [1.29, 1.82) is 0 Å². The average Bonchev–Trinajstić information content (AvgIpc) is 2.51. The van der Waals surface area contributed by atoms with Crippen LogP contribution in [-0.4, -0.2) is 11.7 Å². The van der Waals surface area contributed by atoms with E-state index in [-0.39, 0.29) is 23.4 Å². The number of halogens is 4. The number of nitrogen functional groups attached to an aromatic ring is 1. The topological polar surface area (TPSA) is 64.3 Å². The van der Waals surface area contributed by atoms with Crippen LogP contribution >= 0.6 is 0 Å². The van der Waals surface area contributed by atoms with E-state index >= 15 is 0 Å². The predicted molar refractivity (Wildman–Crippen MR) is 94.3 cm³/mol. The van der Waals surface area contributed by atoms with E-state index in [9.17, 15) is 22.4 Å². The summed E-state index contributed by atoms with van der Waals surface area (Å²) in [6.45, 7) is 5.28. The summed E-state index contributed by atoms with van der Waals surface area (Å²) in [5, 5.41) is 2.54. The van der Waals surface area contributed by atoms with Gasteiger partial charge in [0.1, 0.15) is 11.4 Å². The summed E-state index contributed by atoms with van der Waals surface area (Å²) in [7, 11) is 0. The molecule has 0 aliphatic carbocycles. The molecule has 0 aliphatic rings. The first-order valence-electron chi connectivity index (χ1n) is 8.10.